The summed E-state index contributed by atoms with van der Waals surface area (Å²) in [5, 5.41) is 9.61. The fraction of sp³-hybridized carbons (Fsp3) is 0.133. The summed E-state index contributed by atoms with van der Waals surface area (Å²) in [6, 6.07) is 13.6. The molecule has 0 bridgehead atoms. The van der Waals surface area contributed by atoms with Gasteiger partial charge in [0.2, 0.25) is 0 Å². The van der Waals surface area contributed by atoms with E-state index in [0.717, 1.165) is 0 Å². The minimum absolute atomic E-state index is 0.309. The van der Waals surface area contributed by atoms with Gasteiger partial charge in [-0.25, -0.2) is 4.39 Å². The van der Waals surface area contributed by atoms with E-state index in [1.165, 1.54) is 12.1 Å². The molecule has 0 aromatic heterocycles. The maximum absolute atomic E-state index is 13.3. The van der Waals surface area contributed by atoms with Crippen LogP contribution in [-0.4, -0.2) is 6.54 Å². The molecule has 2 nitrogen and oxygen atoms in total. The first kappa shape index (κ1) is 13.4. The van der Waals surface area contributed by atoms with Crippen molar-refractivity contribution >= 4 is 23.0 Å². The summed E-state index contributed by atoms with van der Waals surface area (Å²) in [6.45, 7) is 2.55. The summed E-state index contributed by atoms with van der Waals surface area (Å²) in [6.07, 6.45) is 0. The van der Waals surface area contributed by atoms with Gasteiger partial charge in [-0.2, -0.15) is 5.26 Å². The second-order valence-electron chi connectivity index (χ2n) is 3.97. The molecule has 0 aliphatic heterocycles. The molecule has 2 aromatic rings. The number of hydrogen-bond acceptors (Lipinski definition) is 2. The lowest BCUT2D eigenvalue weighted by Gasteiger charge is -2.24. The lowest BCUT2D eigenvalue weighted by atomic mass is 10.1. The zero-order valence-corrected chi connectivity index (χ0v) is 11.2. The highest BCUT2D eigenvalue weighted by molar-refractivity contribution is 6.32. The minimum atomic E-state index is -0.309. The van der Waals surface area contributed by atoms with Crippen LogP contribution in [0.1, 0.15) is 12.5 Å². The fourth-order valence-corrected chi connectivity index (χ4v) is 2.20. The first-order valence-corrected chi connectivity index (χ1v) is 6.27. The molecule has 2 rings (SSSR count). The largest absolute Gasteiger partial charge is 0.341 e. The molecule has 0 saturated heterocycles. The van der Waals surface area contributed by atoms with Gasteiger partial charge in [0, 0.05) is 12.2 Å². The van der Waals surface area contributed by atoms with Crippen LogP contribution in [0.5, 0.6) is 0 Å². The van der Waals surface area contributed by atoms with Crippen LogP contribution >= 0.6 is 11.6 Å². The lowest BCUT2D eigenvalue weighted by Crippen LogP contribution is -2.17. The monoisotopic (exact) mass is 274 g/mol. The third kappa shape index (κ3) is 2.69. The number of rotatable bonds is 3. The van der Waals surface area contributed by atoms with Gasteiger partial charge in [-0.05, 0) is 37.3 Å². The van der Waals surface area contributed by atoms with E-state index in [-0.39, 0.29) is 5.82 Å². The standard InChI is InChI=1S/C15H12ClFN2/c1-2-19(12-6-3-5-11(17)9-12)15-8-4-7-14(16)13(15)10-18/h3-9H,2H2,1H3. The summed E-state index contributed by atoms with van der Waals surface area (Å²) >= 11 is 6.03. The van der Waals surface area contributed by atoms with E-state index in [1.54, 1.807) is 30.3 Å². The lowest BCUT2D eigenvalue weighted by molar-refractivity contribution is 0.627. The Kier molecular flexibility index (Phi) is 4.03. The Morgan fingerprint density at radius 1 is 1.26 bits per heavy atom. The van der Waals surface area contributed by atoms with Crippen LogP contribution < -0.4 is 4.90 Å². The van der Waals surface area contributed by atoms with Gasteiger partial charge in [0.25, 0.3) is 0 Å². The SMILES string of the molecule is CCN(c1cccc(F)c1)c1cccc(Cl)c1C#N. The Balaban J connectivity index is 2.55. The van der Waals surface area contributed by atoms with Gasteiger partial charge >= 0.3 is 0 Å². The third-order valence-electron chi connectivity index (χ3n) is 2.83. The van der Waals surface area contributed by atoms with Crippen molar-refractivity contribution in [1.29, 1.82) is 5.26 Å². The Hall–Kier alpha value is -2.05. The first-order valence-electron chi connectivity index (χ1n) is 5.89. The Labute approximate surface area is 116 Å². The molecule has 0 radical (unpaired) electrons. The average molecular weight is 275 g/mol. The van der Waals surface area contributed by atoms with Crippen molar-refractivity contribution in [2.45, 2.75) is 6.92 Å². The molecule has 19 heavy (non-hydrogen) atoms. The zero-order chi connectivity index (χ0) is 13.8. The molecule has 0 N–H and O–H groups in total. The molecule has 2 aromatic carbocycles. The number of nitriles is 1. The first-order chi connectivity index (χ1) is 9.17. The van der Waals surface area contributed by atoms with Gasteiger partial charge < -0.3 is 4.90 Å². The smallest absolute Gasteiger partial charge is 0.125 e. The summed E-state index contributed by atoms with van der Waals surface area (Å²) in [5.74, 6) is -0.309. The van der Waals surface area contributed by atoms with Crippen LogP contribution in [-0.2, 0) is 0 Å². The van der Waals surface area contributed by atoms with E-state index in [0.29, 0.717) is 28.5 Å². The van der Waals surface area contributed by atoms with Crippen molar-refractivity contribution < 1.29 is 4.39 Å². The highest BCUT2D eigenvalue weighted by Gasteiger charge is 2.14. The van der Waals surface area contributed by atoms with Gasteiger partial charge in [-0.1, -0.05) is 23.7 Å². The summed E-state index contributed by atoms with van der Waals surface area (Å²) in [7, 11) is 0. The van der Waals surface area contributed by atoms with Crippen LogP contribution in [0.15, 0.2) is 42.5 Å². The third-order valence-corrected chi connectivity index (χ3v) is 3.15. The van der Waals surface area contributed by atoms with Gasteiger partial charge in [0.05, 0.1) is 16.3 Å². The molecule has 0 amide bonds. The molecule has 0 saturated carbocycles. The summed E-state index contributed by atoms with van der Waals surface area (Å²) in [4.78, 5) is 1.85. The van der Waals surface area contributed by atoms with Gasteiger partial charge in [0.1, 0.15) is 11.9 Å². The van der Waals surface area contributed by atoms with Crippen LogP contribution in [0.4, 0.5) is 15.8 Å². The van der Waals surface area contributed by atoms with Crippen LogP contribution in [0.3, 0.4) is 0 Å². The predicted molar refractivity (Wildman–Crippen MR) is 75.2 cm³/mol. The van der Waals surface area contributed by atoms with Crippen molar-refractivity contribution in [1.82, 2.24) is 0 Å². The molecule has 0 heterocycles. The van der Waals surface area contributed by atoms with Crippen molar-refractivity contribution in [2.75, 3.05) is 11.4 Å². The van der Waals surface area contributed by atoms with Crippen molar-refractivity contribution in [3.8, 4) is 6.07 Å². The normalized spacial score (nSPS) is 10.0. The fourth-order valence-electron chi connectivity index (χ4n) is 1.98. The Morgan fingerprint density at radius 2 is 2.00 bits per heavy atom. The molecular formula is C15H12ClFN2. The highest BCUT2D eigenvalue weighted by atomic mass is 35.5. The quantitative estimate of drug-likeness (QED) is 0.823. The van der Waals surface area contributed by atoms with E-state index in [9.17, 15) is 9.65 Å². The van der Waals surface area contributed by atoms with Crippen LogP contribution in [0.2, 0.25) is 5.02 Å². The molecule has 0 atom stereocenters. The maximum atomic E-state index is 13.3. The number of benzene rings is 2. The van der Waals surface area contributed by atoms with Crippen molar-refractivity contribution in [2.24, 2.45) is 0 Å². The molecule has 0 fully saturated rings. The van der Waals surface area contributed by atoms with Gasteiger partial charge in [-0.3, -0.25) is 0 Å². The van der Waals surface area contributed by atoms with E-state index in [2.05, 4.69) is 6.07 Å². The molecule has 0 aliphatic rings. The predicted octanol–water partition coefficient (Wildman–Crippen LogP) is 4.51. The van der Waals surface area contributed by atoms with E-state index in [1.807, 2.05) is 11.8 Å². The average Bonchev–Trinajstić information content (AvgIpc) is 2.40. The maximum Gasteiger partial charge on any atom is 0.125 e. The minimum Gasteiger partial charge on any atom is -0.341 e. The number of hydrogen-bond donors (Lipinski definition) is 0. The van der Waals surface area contributed by atoms with E-state index in [4.69, 9.17) is 11.6 Å². The van der Waals surface area contributed by atoms with Crippen LogP contribution in [0.25, 0.3) is 0 Å². The van der Waals surface area contributed by atoms with E-state index >= 15 is 0 Å². The number of nitrogens with zero attached hydrogens (tertiary/aromatic N) is 2. The van der Waals surface area contributed by atoms with Crippen molar-refractivity contribution in [3.05, 3.63) is 58.9 Å². The van der Waals surface area contributed by atoms with Crippen LogP contribution in [0, 0.1) is 17.1 Å². The zero-order valence-electron chi connectivity index (χ0n) is 10.4. The molecule has 96 valence electrons. The molecular weight excluding hydrogens is 263 g/mol. The molecule has 0 unspecified atom stereocenters. The Bertz CT molecular complexity index is 634. The summed E-state index contributed by atoms with van der Waals surface area (Å²) < 4.78 is 13.3. The van der Waals surface area contributed by atoms with Crippen molar-refractivity contribution in [3.63, 3.8) is 0 Å². The Morgan fingerprint density at radius 3 is 2.63 bits per heavy atom. The number of halogens is 2. The molecule has 0 aliphatic carbocycles. The van der Waals surface area contributed by atoms with E-state index < -0.39 is 0 Å². The topological polar surface area (TPSA) is 27.0 Å². The summed E-state index contributed by atoms with van der Waals surface area (Å²) in [5.41, 5.74) is 1.78. The van der Waals surface area contributed by atoms with Gasteiger partial charge in [-0.15, -0.1) is 0 Å². The second-order valence-corrected chi connectivity index (χ2v) is 4.38. The highest BCUT2D eigenvalue weighted by Crippen LogP contribution is 2.32. The van der Waals surface area contributed by atoms with Gasteiger partial charge in [0.15, 0.2) is 0 Å². The number of anilines is 2. The molecule has 0 spiro atoms. The second kappa shape index (κ2) is 5.73. The molecule has 4 heteroatoms.